The number of carbonyl (C=O) groups excluding carboxylic acids is 2. The third kappa shape index (κ3) is 4.40. The summed E-state index contributed by atoms with van der Waals surface area (Å²) < 4.78 is 17.7. The molecule has 0 aliphatic carbocycles. The van der Waals surface area contributed by atoms with Gasteiger partial charge in [-0.05, 0) is 36.2 Å². The van der Waals surface area contributed by atoms with Crippen molar-refractivity contribution in [2.45, 2.75) is 17.9 Å². The van der Waals surface area contributed by atoms with E-state index < -0.39 is 6.09 Å². The van der Waals surface area contributed by atoms with E-state index in [1.54, 1.807) is 17.0 Å². The number of amides is 2. The van der Waals surface area contributed by atoms with Crippen LogP contribution in [0, 0.1) is 17.1 Å². The van der Waals surface area contributed by atoms with Crippen LogP contribution < -0.4 is 5.32 Å². The van der Waals surface area contributed by atoms with Gasteiger partial charge < -0.3 is 15.0 Å². The number of nitrogens with one attached hydrogen (secondary N) is 1. The maximum absolute atomic E-state index is 12.9. The number of rotatable bonds is 4. The number of hydrogen-bond acceptors (Lipinski definition) is 6. The first kappa shape index (κ1) is 19.2. The van der Waals surface area contributed by atoms with E-state index in [0.717, 1.165) is 15.3 Å². The Bertz CT molecular complexity index is 906. The molecule has 27 heavy (non-hydrogen) atoms. The highest BCUT2D eigenvalue weighted by Gasteiger charge is 2.27. The van der Waals surface area contributed by atoms with Gasteiger partial charge in [-0.3, -0.25) is 4.79 Å². The lowest BCUT2D eigenvalue weighted by Crippen LogP contribution is -2.35. The molecule has 0 saturated heterocycles. The molecule has 0 saturated carbocycles. The number of halogens is 1. The highest BCUT2D eigenvalue weighted by atomic mass is 32.2. The van der Waals surface area contributed by atoms with E-state index in [1.165, 1.54) is 42.3 Å². The number of benzene rings is 1. The second-order valence-electron chi connectivity index (χ2n) is 5.75. The zero-order chi connectivity index (χ0) is 19.4. The van der Waals surface area contributed by atoms with Gasteiger partial charge in [0, 0.05) is 16.3 Å². The summed E-state index contributed by atoms with van der Waals surface area (Å²) in [4.78, 5) is 27.2. The Balaban J connectivity index is 1.67. The monoisotopic (exact) mass is 405 g/mol. The highest BCUT2D eigenvalue weighted by molar-refractivity contribution is 8.00. The number of ether oxygens (including phenoxy) is 1. The second-order valence-corrected chi connectivity index (χ2v) is 7.91. The minimum Gasteiger partial charge on any atom is -0.453 e. The van der Waals surface area contributed by atoms with Crippen molar-refractivity contribution >= 4 is 40.1 Å². The summed E-state index contributed by atoms with van der Waals surface area (Å²) in [6.45, 7) is 0.834. The lowest BCUT2D eigenvalue weighted by Gasteiger charge is -2.25. The summed E-state index contributed by atoms with van der Waals surface area (Å²) in [5.41, 5.74) is 1.34. The smallest absolute Gasteiger partial charge is 0.409 e. The third-order valence-corrected chi connectivity index (χ3v) is 6.18. The van der Waals surface area contributed by atoms with Gasteiger partial charge in [0.15, 0.2) is 0 Å². The van der Waals surface area contributed by atoms with Crippen LogP contribution in [0.15, 0.2) is 29.2 Å². The van der Waals surface area contributed by atoms with Gasteiger partial charge in [-0.25, -0.2) is 9.18 Å². The van der Waals surface area contributed by atoms with Crippen LogP contribution in [0.1, 0.15) is 16.0 Å². The van der Waals surface area contributed by atoms with Crippen molar-refractivity contribution < 1.29 is 18.7 Å². The van der Waals surface area contributed by atoms with Gasteiger partial charge in [0.25, 0.3) is 0 Å². The van der Waals surface area contributed by atoms with Crippen LogP contribution in [0.25, 0.3) is 0 Å². The van der Waals surface area contributed by atoms with Gasteiger partial charge in [0.1, 0.15) is 16.9 Å². The molecule has 9 heteroatoms. The number of thioether (sulfide) groups is 1. The predicted molar refractivity (Wildman–Crippen MR) is 101 cm³/mol. The van der Waals surface area contributed by atoms with Crippen molar-refractivity contribution in [1.82, 2.24) is 4.90 Å². The molecule has 0 fully saturated rings. The predicted octanol–water partition coefficient (Wildman–Crippen LogP) is 3.61. The van der Waals surface area contributed by atoms with Crippen LogP contribution in [0.5, 0.6) is 0 Å². The molecule has 0 atom stereocenters. The molecule has 3 rings (SSSR count). The molecule has 0 unspecified atom stereocenters. The standard InChI is InChI=1S/C18H16FN3O3S2/c1-25-18(24)22-7-6-13-14(8-20)17(27-15(13)9-22)21-16(23)10-26-12-4-2-11(19)3-5-12/h2-5H,6-7,9-10H2,1H3,(H,21,23). The van der Waals surface area contributed by atoms with E-state index in [9.17, 15) is 19.2 Å². The highest BCUT2D eigenvalue weighted by Crippen LogP contribution is 2.37. The minimum atomic E-state index is -0.408. The number of thiophene rings is 1. The molecular weight excluding hydrogens is 389 g/mol. The summed E-state index contributed by atoms with van der Waals surface area (Å²) in [6.07, 6.45) is 0.137. The number of anilines is 1. The number of carbonyl (C=O) groups is 2. The number of fused-ring (bicyclic) bond motifs is 1. The van der Waals surface area contributed by atoms with E-state index in [1.807, 2.05) is 0 Å². The molecule has 6 nitrogen and oxygen atoms in total. The zero-order valence-electron chi connectivity index (χ0n) is 14.5. The Kier molecular flexibility index (Phi) is 5.98. The molecule has 140 valence electrons. The average Bonchev–Trinajstić information content (AvgIpc) is 3.02. The summed E-state index contributed by atoms with van der Waals surface area (Å²) >= 11 is 2.59. The van der Waals surface area contributed by atoms with Gasteiger partial charge in [0.2, 0.25) is 5.91 Å². The summed E-state index contributed by atoms with van der Waals surface area (Å²) in [5.74, 6) is -0.426. The van der Waals surface area contributed by atoms with Crippen LogP contribution >= 0.6 is 23.1 Å². The Morgan fingerprint density at radius 1 is 1.41 bits per heavy atom. The normalized spacial score (nSPS) is 12.9. The molecule has 1 aromatic carbocycles. The average molecular weight is 405 g/mol. The van der Waals surface area contributed by atoms with Crippen molar-refractivity contribution in [2.75, 3.05) is 24.7 Å². The molecule has 0 spiro atoms. The van der Waals surface area contributed by atoms with Crippen LogP contribution in [0.3, 0.4) is 0 Å². The number of nitriles is 1. The maximum atomic E-state index is 12.9. The minimum absolute atomic E-state index is 0.146. The van der Waals surface area contributed by atoms with Crippen LogP contribution in [-0.4, -0.2) is 36.3 Å². The zero-order valence-corrected chi connectivity index (χ0v) is 16.1. The summed E-state index contributed by atoms with van der Waals surface area (Å²) in [6, 6.07) is 8.06. The van der Waals surface area contributed by atoms with Gasteiger partial charge in [0.05, 0.1) is 25.0 Å². The van der Waals surface area contributed by atoms with Crippen LogP contribution in [0.2, 0.25) is 0 Å². The maximum Gasteiger partial charge on any atom is 0.409 e. The first-order valence-corrected chi connectivity index (χ1v) is 9.87. The first-order chi connectivity index (χ1) is 13.0. The molecule has 2 amide bonds. The van der Waals surface area contributed by atoms with Crippen LogP contribution in [-0.2, 0) is 22.5 Å². The second kappa shape index (κ2) is 8.41. The number of nitrogens with zero attached hydrogens (tertiary/aromatic N) is 2. The van der Waals surface area contributed by atoms with Gasteiger partial charge >= 0.3 is 6.09 Å². The largest absolute Gasteiger partial charge is 0.453 e. The molecule has 1 N–H and O–H groups in total. The van der Waals surface area contributed by atoms with Crippen molar-refractivity contribution in [3.05, 3.63) is 46.1 Å². The molecule has 0 bridgehead atoms. The molecule has 0 radical (unpaired) electrons. The molecule has 1 aliphatic heterocycles. The summed E-state index contributed by atoms with van der Waals surface area (Å²) in [7, 11) is 1.33. The third-order valence-electron chi connectivity index (χ3n) is 4.04. The Morgan fingerprint density at radius 3 is 2.81 bits per heavy atom. The molecule has 2 heterocycles. The van der Waals surface area contributed by atoms with Gasteiger partial charge in [-0.1, -0.05) is 0 Å². The van der Waals surface area contributed by atoms with E-state index in [2.05, 4.69) is 11.4 Å². The topological polar surface area (TPSA) is 82.4 Å². The van der Waals surface area contributed by atoms with Crippen molar-refractivity contribution in [3.8, 4) is 6.07 Å². The van der Waals surface area contributed by atoms with E-state index in [-0.39, 0.29) is 17.5 Å². The van der Waals surface area contributed by atoms with E-state index >= 15 is 0 Å². The SMILES string of the molecule is COC(=O)N1CCc2c(sc(NC(=O)CSc3ccc(F)cc3)c2C#N)C1. The number of hydrogen-bond donors (Lipinski definition) is 1. The Morgan fingerprint density at radius 2 is 2.15 bits per heavy atom. The summed E-state index contributed by atoms with van der Waals surface area (Å²) in [5, 5.41) is 12.8. The van der Waals surface area contributed by atoms with Gasteiger partial charge in [-0.2, -0.15) is 5.26 Å². The number of methoxy groups -OCH3 is 1. The first-order valence-electron chi connectivity index (χ1n) is 8.07. The fourth-order valence-electron chi connectivity index (χ4n) is 2.74. The van der Waals surface area contributed by atoms with Crippen LogP contribution in [0.4, 0.5) is 14.2 Å². The van der Waals surface area contributed by atoms with E-state index in [4.69, 9.17) is 4.74 Å². The van der Waals surface area contributed by atoms with Crippen molar-refractivity contribution in [2.24, 2.45) is 0 Å². The Hall–Kier alpha value is -2.57. The van der Waals surface area contributed by atoms with Gasteiger partial charge in [-0.15, -0.1) is 23.1 Å². The Labute approximate surface area is 163 Å². The lowest BCUT2D eigenvalue weighted by molar-refractivity contribution is -0.113. The fourth-order valence-corrected chi connectivity index (χ4v) is 4.67. The fraction of sp³-hybridized carbons (Fsp3) is 0.278. The van der Waals surface area contributed by atoms with Crippen molar-refractivity contribution in [3.63, 3.8) is 0 Å². The quantitative estimate of drug-likeness (QED) is 0.786. The molecular formula is C18H16FN3O3S2. The lowest BCUT2D eigenvalue weighted by atomic mass is 10.0. The molecule has 2 aromatic rings. The molecule has 1 aliphatic rings. The molecule has 1 aromatic heterocycles. The van der Waals surface area contributed by atoms with E-state index in [0.29, 0.717) is 30.1 Å². The van der Waals surface area contributed by atoms with Crippen molar-refractivity contribution in [1.29, 1.82) is 5.26 Å².